The first-order valence-corrected chi connectivity index (χ1v) is 10.5. The molecule has 0 spiro atoms. The third kappa shape index (κ3) is 4.52. The number of piperazine rings is 1. The molecule has 0 aliphatic carbocycles. The molecule has 0 radical (unpaired) electrons. The van der Waals surface area contributed by atoms with E-state index >= 15 is 0 Å². The van der Waals surface area contributed by atoms with Crippen molar-refractivity contribution in [2.45, 2.75) is 39.7 Å². The lowest BCUT2D eigenvalue weighted by atomic mass is 10.1. The highest BCUT2D eigenvalue weighted by Gasteiger charge is 2.29. The fourth-order valence-electron chi connectivity index (χ4n) is 3.98. The molecule has 0 bridgehead atoms. The van der Waals surface area contributed by atoms with E-state index in [0.29, 0.717) is 44.5 Å². The molecule has 28 heavy (non-hydrogen) atoms. The molecule has 156 valence electrons. The van der Waals surface area contributed by atoms with Crippen LogP contribution in [0.25, 0.3) is 0 Å². The smallest absolute Gasteiger partial charge is 0.276 e. The third-order valence-corrected chi connectivity index (χ3v) is 5.96. The van der Waals surface area contributed by atoms with Gasteiger partial charge in [0.2, 0.25) is 5.91 Å². The second-order valence-corrected chi connectivity index (χ2v) is 7.58. The minimum atomic E-state index is -0.0754. The lowest BCUT2D eigenvalue weighted by Gasteiger charge is -2.35. The Morgan fingerprint density at radius 3 is 2.29 bits per heavy atom. The second-order valence-electron chi connectivity index (χ2n) is 7.58. The maximum atomic E-state index is 12.9. The molecule has 3 heterocycles. The standard InChI is InChI=1S/C19H33N7O2/c1-4-23(5-2)14-17(27)24-10-12-25(13-11-24)19(28)18-15(3)26(22-21-18)16-6-8-20-9-7-16/h16,20H,4-14H2,1-3H3. The van der Waals surface area contributed by atoms with Crippen molar-refractivity contribution in [3.05, 3.63) is 11.4 Å². The summed E-state index contributed by atoms with van der Waals surface area (Å²) in [5.41, 5.74) is 1.29. The molecule has 2 aliphatic heterocycles. The Morgan fingerprint density at radius 2 is 1.68 bits per heavy atom. The number of piperidine rings is 1. The van der Waals surface area contributed by atoms with Crippen LogP contribution in [-0.2, 0) is 4.79 Å². The van der Waals surface area contributed by atoms with Crippen molar-refractivity contribution in [2.24, 2.45) is 0 Å². The number of rotatable bonds is 6. The molecule has 1 aromatic heterocycles. The zero-order chi connectivity index (χ0) is 20.1. The number of hydrogen-bond acceptors (Lipinski definition) is 6. The molecule has 0 atom stereocenters. The summed E-state index contributed by atoms with van der Waals surface area (Å²) in [5.74, 6) is 0.0670. The van der Waals surface area contributed by atoms with E-state index in [4.69, 9.17) is 0 Å². The van der Waals surface area contributed by atoms with E-state index in [1.807, 2.05) is 16.5 Å². The molecule has 3 rings (SSSR count). The van der Waals surface area contributed by atoms with E-state index in [9.17, 15) is 9.59 Å². The minimum Gasteiger partial charge on any atom is -0.338 e. The van der Waals surface area contributed by atoms with E-state index in [-0.39, 0.29) is 11.8 Å². The van der Waals surface area contributed by atoms with Gasteiger partial charge in [0, 0.05) is 26.2 Å². The van der Waals surface area contributed by atoms with Gasteiger partial charge in [-0.15, -0.1) is 5.10 Å². The van der Waals surface area contributed by atoms with Gasteiger partial charge < -0.3 is 15.1 Å². The summed E-state index contributed by atoms with van der Waals surface area (Å²) in [6.45, 7) is 12.4. The molecular formula is C19H33N7O2. The number of likely N-dealkylation sites (N-methyl/N-ethyl adjacent to an activating group) is 1. The summed E-state index contributed by atoms with van der Waals surface area (Å²) in [6.07, 6.45) is 2.01. The predicted octanol–water partition coefficient (Wildman–Crippen LogP) is 0.137. The third-order valence-electron chi connectivity index (χ3n) is 5.96. The maximum Gasteiger partial charge on any atom is 0.276 e. The molecular weight excluding hydrogens is 358 g/mol. The number of amides is 2. The van der Waals surface area contributed by atoms with Crippen LogP contribution in [0.1, 0.15) is 48.9 Å². The van der Waals surface area contributed by atoms with Crippen molar-refractivity contribution in [1.82, 2.24) is 35.0 Å². The van der Waals surface area contributed by atoms with Gasteiger partial charge in [0.1, 0.15) is 0 Å². The fourth-order valence-corrected chi connectivity index (χ4v) is 3.98. The summed E-state index contributed by atoms with van der Waals surface area (Å²) < 4.78 is 1.91. The van der Waals surface area contributed by atoms with Gasteiger partial charge in [-0.3, -0.25) is 14.5 Å². The van der Waals surface area contributed by atoms with Gasteiger partial charge in [-0.1, -0.05) is 19.1 Å². The van der Waals surface area contributed by atoms with Crippen molar-refractivity contribution in [2.75, 3.05) is 58.9 Å². The summed E-state index contributed by atoms with van der Waals surface area (Å²) >= 11 is 0. The van der Waals surface area contributed by atoms with Gasteiger partial charge in [-0.25, -0.2) is 4.68 Å². The van der Waals surface area contributed by atoms with Crippen LogP contribution in [0.3, 0.4) is 0 Å². The summed E-state index contributed by atoms with van der Waals surface area (Å²) in [7, 11) is 0. The zero-order valence-electron chi connectivity index (χ0n) is 17.4. The van der Waals surface area contributed by atoms with Gasteiger partial charge in [0.15, 0.2) is 5.69 Å². The van der Waals surface area contributed by atoms with Crippen molar-refractivity contribution in [3.63, 3.8) is 0 Å². The van der Waals surface area contributed by atoms with Gasteiger partial charge >= 0.3 is 0 Å². The second kappa shape index (κ2) is 9.47. The Hall–Kier alpha value is -2.00. The van der Waals surface area contributed by atoms with E-state index in [2.05, 4.69) is 34.4 Å². The Bertz CT molecular complexity index is 672. The quantitative estimate of drug-likeness (QED) is 0.742. The van der Waals surface area contributed by atoms with Crippen molar-refractivity contribution in [3.8, 4) is 0 Å². The van der Waals surface area contributed by atoms with Gasteiger partial charge in [-0.2, -0.15) is 0 Å². The molecule has 1 N–H and O–H groups in total. The van der Waals surface area contributed by atoms with Gasteiger partial charge in [-0.05, 0) is 45.9 Å². The number of nitrogens with zero attached hydrogens (tertiary/aromatic N) is 6. The summed E-state index contributed by atoms with van der Waals surface area (Å²) in [6, 6.07) is 0.310. The van der Waals surface area contributed by atoms with Crippen LogP contribution in [0.2, 0.25) is 0 Å². The van der Waals surface area contributed by atoms with Gasteiger partial charge in [0.05, 0.1) is 18.3 Å². The first kappa shape index (κ1) is 20.7. The lowest BCUT2D eigenvalue weighted by Crippen LogP contribution is -2.52. The highest BCUT2D eigenvalue weighted by Crippen LogP contribution is 2.21. The van der Waals surface area contributed by atoms with Crippen LogP contribution >= 0.6 is 0 Å². The number of nitrogens with one attached hydrogen (secondary N) is 1. The van der Waals surface area contributed by atoms with Crippen molar-refractivity contribution in [1.29, 1.82) is 0 Å². The average Bonchev–Trinajstić information content (AvgIpc) is 3.13. The molecule has 2 aliphatic rings. The largest absolute Gasteiger partial charge is 0.338 e. The first-order valence-electron chi connectivity index (χ1n) is 10.5. The van der Waals surface area contributed by atoms with Crippen molar-refractivity contribution >= 4 is 11.8 Å². The monoisotopic (exact) mass is 391 g/mol. The highest BCUT2D eigenvalue weighted by atomic mass is 16.2. The van der Waals surface area contributed by atoms with Crippen molar-refractivity contribution < 1.29 is 9.59 Å². The van der Waals surface area contributed by atoms with Crippen LogP contribution in [0.4, 0.5) is 0 Å². The zero-order valence-corrected chi connectivity index (χ0v) is 17.4. The van der Waals surface area contributed by atoms with Crippen LogP contribution in [0, 0.1) is 6.92 Å². The Morgan fingerprint density at radius 1 is 1.07 bits per heavy atom. The molecule has 2 fully saturated rings. The number of aromatic nitrogens is 3. The Balaban J connectivity index is 1.57. The summed E-state index contributed by atoms with van der Waals surface area (Å²) in [5, 5.41) is 11.8. The molecule has 9 heteroatoms. The molecule has 0 aromatic carbocycles. The lowest BCUT2D eigenvalue weighted by molar-refractivity contribution is -0.133. The van der Waals surface area contributed by atoms with Crippen LogP contribution in [0.15, 0.2) is 0 Å². The normalized spacial score (nSPS) is 18.7. The maximum absolute atomic E-state index is 12.9. The van der Waals surface area contributed by atoms with E-state index in [1.165, 1.54) is 0 Å². The Kier molecular flexibility index (Phi) is 7.01. The topological polar surface area (TPSA) is 86.6 Å². The number of hydrogen-bond donors (Lipinski definition) is 1. The van der Waals surface area contributed by atoms with Crippen LogP contribution in [0.5, 0.6) is 0 Å². The fraction of sp³-hybridized carbons (Fsp3) is 0.789. The predicted molar refractivity (Wildman–Crippen MR) is 106 cm³/mol. The minimum absolute atomic E-state index is 0.0754. The van der Waals surface area contributed by atoms with E-state index < -0.39 is 0 Å². The highest BCUT2D eigenvalue weighted by molar-refractivity contribution is 5.93. The molecule has 0 saturated carbocycles. The summed E-state index contributed by atoms with van der Waals surface area (Å²) in [4.78, 5) is 31.2. The molecule has 2 amide bonds. The van der Waals surface area contributed by atoms with E-state index in [0.717, 1.165) is 44.7 Å². The SMILES string of the molecule is CCN(CC)CC(=O)N1CCN(C(=O)c2nnn(C3CCNCC3)c2C)CC1. The molecule has 1 aromatic rings. The average molecular weight is 392 g/mol. The van der Waals surface area contributed by atoms with E-state index in [1.54, 1.807) is 4.90 Å². The molecule has 0 unspecified atom stereocenters. The number of carbonyl (C=O) groups excluding carboxylic acids is 2. The van der Waals surface area contributed by atoms with Crippen LogP contribution in [-0.4, -0.2) is 100 Å². The number of carbonyl (C=O) groups is 2. The van der Waals surface area contributed by atoms with Gasteiger partial charge in [0.25, 0.3) is 5.91 Å². The molecule has 2 saturated heterocycles. The van der Waals surface area contributed by atoms with Crippen LogP contribution < -0.4 is 5.32 Å². The molecule has 9 nitrogen and oxygen atoms in total. The Labute approximate surface area is 167 Å². The first-order chi connectivity index (χ1) is 13.5.